The lowest BCUT2D eigenvalue weighted by Crippen LogP contribution is -1.93. The lowest BCUT2D eigenvalue weighted by molar-refractivity contribution is -0.137. The van der Waals surface area contributed by atoms with Crippen molar-refractivity contribution in [2.45, 2.75) is 6.92 Å². The molecule has 0 aromatic heterocycles. The van der Waals surface area contributed by atoms with Crippen LogP contribution >= 0.6 is 0 Å². The summed E-state index contributed by atoms with van der Waals surface area (Å²) in [6, 6.07) is 9.23. The van der Waals surface area contributed by atoms with Gasteiger partial charge in [-0.05, 0) is 6.92 Å². The minimum absolute atomic E-state index is 0.121. The van der Waals surface area contributed by atoms with Crippen LogP contribution in [0, 0.1) is 0 Å². The molecule has 1 N–H and O–H groups in total. The summed E-state index contributed by atoms with van der Waals surface area (Å²) in [4.78, 5) is 19.6. The molecule has 0 saturated carbocycles. The zero-order valence-electron chi connectivity index (χ0n) is 7.74. The van der Waals surface area contributed by atoms with Crippen LogP contribution < -0.4 is 0 Å². The number of hydrogen-bond donors (Lipinski definition) is 1. The van der Waals surface area contributed by atoms with Crippen LogP contribution in [0.4, 0.5) is 4.39 Å². The highest BCUT2D eigenvalue weighted by atomic mass is 19.1. The normalized spacial score (nSPS) is 8.43. The Balaban J connectivity index is 0.000000292. The molecule has 1 aromatic carbocycles. The number of aliphatic carboxylic acids is 1. The number of alkyl halides is 1. The Hall–Kier alpha value is -1.71. The molecule has 0 bridgehead atoms. The van der Waals surface area contributed by atoms with Gasteiger partial charge in [0.1, 0.15) is 0 Å². The molecule has 0 atom stereocenters. The van der Waals surface area contributed by atoms with Crippen molar-refractivity contribution in [3.05, 3.63) is 35.9 Å². The second-order valence-corrected chi connectivity index (χ2v) is 2.45. The number of carboxylic acids is 1. The Kier molecular flexibility index (Phi) is 5.94. The number of carbonyl (C=O) groups excluding carboxylic acids is 1. The smallest absolute Gasteiger partial charge is 0.335 e. The molecule has 14 heavy (non-hydrogen) atoms. The first-order valence-corrected chi connectivity index (χ1v) is 3.91. The third-order valence-electron chi connectivity index (χ3n) is 1.29. The fourth-order valence-electron chi connectivity index (χ4n) is 0.673. The van der Waals surface area contributed by atoms with E-state index < -0.39 is 12.6 Å². The highest BCUT2D eigenvalue weighted by Crippen LogP contribution is 1.97. The van der Waals surface area contributed by atoms with Crippen LogP contribution in [0.1, 0.15) is 17.3 Å². The van der Waals surface area contributed by atoms with Crippen LogP contribution in [0.5, 0.6) is 0 Å². The number of carbonyl (C=O) groups is 2. The van der Waals surface area contributed by atoms with Gasteiger partial charge in [0.25, 0.3) is 0 Å². The molecule has 0 radical (unpaired) electrons. The number of carboxylic acid groups (broad SMARTS) is 1. The van der Waals surface area contributed by atoms with Gasteiger partial charge in [0.15, 0.2) is 12.5 Å². The van der Waals surface area contributed by atoms with Crippen LogP contribution in [0.25, 0.3) is 0 Å². The largest absolute Gasteiger partial charge is 0.479 e. The van der Waals surface area contributed by atoms with Gasteiger partial charge in [0.05, 0.1) is 0 Å². The second kappa shape index (κ2) is 6.77. The number of hydrogen-bond acceptors (Lipinski definition) is 2. The Morgan fingerprint density at radius 1 is 1.29 bits per heavy atom. The third kappa shape index (κ3) is 5.88. The third-order valence-corrected chi connectivity index (χ3v) is 1.29. The quantitative estimate of drug-likeness (QED) is 0.738. The molecule has 0 aliphatic heterocycles. The predicted octanol–water partition coefficient (Wildman–Crippen LogP) is 1.93. The Bertz CT molecular complexity index is 295. The van der Waals surface area contributed by atoms with Crippen LogP contribution in [0.15, 0.2) is 30.3 Å². The standard InChI is InChI=1S/C8H8O.C2H3FO2/c1-7(9)8-5-3-2-4-6-8;3-1-2(4)5/h2-6H,1H3;1H2,(H,4,5). The van der Waals surface area contributed by atoms with E-state index in [-0.39, 0.29) is 5.78 Å². The van der Waals surface area contributed by atoms with E-state index in [0.717, 1.165) is 5.56 Å². The topological polar surface area (TPSA) is 54.4 Å². The van der Waals surface area contributed by atoms with E-state index in [0.29, 0.717) is 0 Å². The SMILES string of the molecule is CC(=O)c1ccccc1.O=C(O)CF. The minimum atomic E-state index is -1.41. The maximum atomic E-state index is 10.6. The molecule has 0 aliphatic rings. The van der Waals surface area contributed by atoms with Crippen LogP contribution in [0.2, 0.25) is 0 Å². The number of benzene rings is 1. The average molecular weight is 198 g/mol. The zero-order chi connectivity index (χ0) is 11.0. The van der Waals surface area contributed by atoms with E-state index in [1.54, 1.807) is 6.92 Å². The molecule has 0 saturated heterocycles. The minimum Gasteiger partial charge on any atom is -0.479 e. The molecule has 0 spiro atoms. The van der Waals surface area contributed by atoms with Gasteiger partial charge in [-0.2, -0.15) is 0 Å². The van der Waals surface area contributed by atoms with Crippen molar-refractivity contribution in [1.29, 1.82) is 0 Å². The predicted molar refractivity (Wildman–Crippen MR) is 50.1 cm³/mol. The summed E-state index contributed by atoms with van der Waals surface area (Å²) >= 11 is 0. The molecule has 0 heterocycles. The fraction of sp³-hybridized carbons (Fsp3) is 0.200. The first-order chi connectivity index (χ1) is 6.57. The van der Waals surface area contributed by atoms with Crippen molar-refractivity contribution in [2.75, 3.05) is 6.67 Å². The van der Waals surface area contributed by atoms with Crippen molar-refractivity contribution in [1.82, 2.24) is 0 Å². The highest BCUT2D eigenvalue weighted by Gasteiger charge is 1.92. The van der Waals surface area contributed by atoms with Crippen molar-refractivity contribution in [3.8, 4) is 0 Å². The van der Waals surface area contributed by atoms with Crippen molar-refractivity contribution in [2.24, 2.45) is 0 Å². The van der Waals surface area contributed by atoms with Gasteiger partial charge in [-0.15, -0.1) is 0 Å². The highest BCUT2D eigenvalue weighted by molar-refractivity contribution is 5.93. The van der Waals surface area contributed by atoms with Crippen molar-refractivity contribution in [3.63, 3.8) is 0 Å². The maximum Gasteiger partial charge on any atom is 0.335 e. The Morgan fingerprint density at radius 3 is 1.93 bits per heavy atom. The summed E-state index contributed by atoms with van der Waals surface area (Å²) in [5.41, 5.74) is 0.775. The van der Waals surface area contributed by atoms with E-state index in [4.69, 9.17) is 9.90 Å². The molecule has 76 valence electrons. The number of ketones is 1. The van der Waals surface area contributed by atoms with E-state index in [2.05, 4.69) is 0 Å². The molecule has 4 heteroatoms. The molecular weight excluding hydrogens is 187 g/mol. The molecule has 3 nitrogen and oxygen atoms in total. The van der Waals surface area contributed by atoms with Gasteiger partial charge in [0.2, 0.25) is 0 Å². The van der Waals surface area contributed by atoms with Gasteiger partial charge in [-0.25, -0.2) is 9.18 Å². The van der Waals surface area contributed by atoms with Gasteiger partial charge in [-0.3, -0.25) is 4.79 Å². The van der Waals surface area contributed by atoms with Gasteiger partial charge in [-0.1, -0.05) is 30.3 Å². The van der Waals surface area contributed by atoms with Crippen molar-refractivity contribution < 1.29 is 19.1 Å². The maximum absolute atomic E-state index is 10.6. The molecule has 1 aromatic rings. The van der Waals surface area contributed by atoms with Crippen LogP contribution in [0.3, 0.4) is 0 Å². The summed E-state index contributed by atoms with van der Waals surface area (Å²) in [7, 11) is 0. The average Bonchev–Trinajstić information content (AvgIpc) is 2.20. The van der Waals surface area contributed by atoms with E-state index in [1.807, 2.05) is 30.3 Å². The molecule has 0 unspecified atom stereocenters. The van der Waals surface area contributed by atoms with Gasteiger partial charge in [0, 0.05) is 5.56 Å². The number of halogens is 1. The summed E-state index contributed by atoms with van der Waals surface area (Å²) in [5.74, 6) is -1.29. The molecule has 1 rings (SSSR count). The van der Waals surface area contributed by atoms with E-state index in [9.17, 15) is 9.18 Å². The number of rotatable bonds is 2. The fourth-order valence-corrected chi connectivity index (χ4v) is 0.673. The Morgan fingerprint density at radius 2 is 1.71 bits per heavy atom. The summed E-state index contributed by atoms with van der Waals surface area (Å²) in [6.45, 7) is 0.287. The first-order valence-electron chi connectivity index (χ1n) is 3.91. The monoisotopic (exact) mass is 198 g/mol. The summed E-state index contributed by atoms with van der Waals surface area (Å²) in [6.07, 6.45) is 0. The first kappa shape index (κ1) is 12.3. The van der Waals surface area contributed by atoms with Gasteiger partial charge < -0.3 is 5.11 Å². The molecule has 0 fully saturated rings. The van der Waals surface area contributed by atoms with E-state index >= 15 is 0 Å². The number of Topliss-reactive ketones (excluding diaryl/α,β-unsaturated/α-hetero) is 1. The molecular formula is C10H11FO3. The zero-order valence-corrected chi connectivity index (χ0v) is 7.74. The summed E-state index contributed by atoms with van der Waals surface area (Å²) in [5, 5.41) is 7.35. The Labute approximate surface area is 81.2 Å². The van der Waals surface area contributed by atoms with Crippen LogP contribution in [-0.2, 0) is 4.79 Å². The lowest BCUT2D eigenvalue weighted by atomic mass is 10.2. The van der Waals surface area contributed by atoms with Gasteiger partial charge >= 0.3 is 5.97 Å². The lowest BCUT2D eigenvalue weighted by Gasteiger charge is -1.89. The van der Waals surface area contributed by atoms with Crippen molar-refractivity contribution >= 4 is 11.8 Å². The van der Waals surface area contributed by atoms with E-state index in [1.165, 1.54) is 0 Å². The molecule has 0 amide bonds. The molecule has 0 aliphatic carbocycles. The summed E-state index contributed by atoms with van der Waals surface area (Å²) < 4.78 is 10.5. The second-order valence-electron chi connectivity index (χ2n) is 2.45. The van der Waals surface area contributed by atoms with Crippen LogP contribution in [-0.4, -0.2) is 23.5 Å².